The van der Waals surface area contributed by atoms with E-state index in [9.17, 15) is 20.0 Å². The zero-order valence-electron chi connectivity index (χ0n) is 22.6. The first-order valence-corrected chi connectivity index (χ1v) is 13.2. The molecule has 6 heteroatoms. The van der Waals surface area contributed by atoms with Gasteiger partial charge in [0.15, 0.2) is 0 Å². The molecule has 0 spiro atoms. The highest BCUT2D eigenvalue weighted by Crippen LogP contribution is 2.62. The molecule has 1 heterocycles. The normalized spacial score (nSPS) is 23.8. The third-order valence-corrected chi connectivity index (χ3v) is 8.69. The summed E-state index contributed by atoms with van der Waals surface area (Å²) in [5, 5.41) is 21.4. The van der Waals surface area contributed by atoms with Crippen molar-refractivity contribution in [1.29, 1.82) is 0 Å². The van der Waals surface area contributed by atoms with Gasteiger partial charge in [-0.25, -0.2) is 4.90 Å². The van der Waals surface area contributed by atoms with Crippen molar-refractivity contribution in [2.75, 3.05) is 10.1 Å². The number of amides is 2. The van der Waals surface area contributed by atoms with Crippen LogP contribution in [-0.2, 0) is 20.4 Å². The Morgan fingerprint density at radius 3 is 1.58 bits per heavy atom. The number of hydrogen-bond donors (Lipinski definition) is 1. The van der Waals surface area contributed by atoms with E-state index in [1.807, 2.05) is 0 Å². The van der Waals surface area contributed by atoms with Crippen LogP contribution in [0, 0.1) is 17.0 Å². The van der Waals surface area contributed by atoms with Crippen molar-refractivity contribution in [1.82, 2.24) is 0 Å². The van der Waals surface area contributed by atoms with Crippen LogP contribution in [0.2, 0.25) is 0 Å². The van der Waals surface area contributed by atoms with Crippen LogP contribution in [0.3, 0.4) is 0 Å². The predicted molar refractivity (Wildman–Crippen MR) is 148 cm³/mol. The first kappa shape index (κ1) is 24.8. The first-order chi connectivity index (χ1) is 17.8. The topological polar surface area (TPSA) is 83.9 Å². The van der Waals surface area contributed by atoms with Gasteiger partial charge in [0.05, 0.1) is 23.2 Å². The molecule has 4 atom stereocenters. The molecule has 3 aliphatic carbocycles. The maximum absolute atomic E-state index is 14.1. The Labute approximate surface area is 223 Å². The Morgan fingerprint density at radius 2 is 1.16 bits per heavy atom. The molecule has 3 aromatic rings. The van der Waals surface area contributed by atoms with Gasteiger partial charge in [0.25, 0.3) is 0 Å². The van der Waals surface area contributed by atoms with Crippen molar-refractivity contribution in [3.8, 4) is 0 Å². The number of benzene rings is 3. The van der Waals surface area contributed by atoms with Gasteiger partial charge in [0, 0.05) is 11.8 Å². The standard InChI is InChI=1S/C32H33N2O4/c1-31(2,3)17-11-13-19-21(15-17)25-20-14-12-18(32(4,5)6)16-22(20)26(19)28-27(25)29(35)33(30(28)36)23-9-7-8-10-24(23)34(37)38/h7-16,25-28,37H,1-6H3/q-1. The molecule has 1 fully saturated rings. The maximum atomic E-state index is 14.1. The number of imide groups is 1. The Bertz CT molecular complexity index is 1410. The maximum Gasteiger partial charge on any atom is 0.238 e. The van der Waals surface area contributed by atoms with Crippen LogP contribution < -0.4 is 10.1 Å². The van der Waals surface area contributed by atoms with Gasteiger partial charge in [-0.05, 0) is 56.3 Å². The largest absolute Gasteiger partial charge is 0.733 e. The van der Waals surface area contributed by atoms with E-state index in [0.29, 0.717) is 0 Å². The molecule has 4 aliphatic rings. The number of anilines is 2. The number of hydrogen-bond acceptors (Lipinski definition) is 5. The van der Waals surface area contributed by atoms with Crippen LogP contribution in [0.4, 0.5) is 11.4 Å². The van der Waals surface area contributed by atoms with Gasteiger partial charge in [0.1, 0.15) is 0 Å². The molecule has 3 aromatic carbocycles. The van der Waals surface area contributed by atoms with Crippen molar-refractivity contribution in [2.45, 2.75) is 64.2 Å². The van der Waals surface area contributed by atoms with Crippen LogP contribution >= 0.6 is 0 Å². The highest BCUT2D eigenvalue weighted by atomic mass is 16.8. The third kappa shape index (κ3) is 3.40. The zero-order valence-corrected chi connectivity index (χ0v) is 22.6. The van der Waals surface area contributed by atoms with E-state index in [0.717, 1.165) is 27.2 Å². The minimum absolute atomic E-state index is 0.0662. The third-order valence-electron chi connectivity index (χ3n) is 8.69. The van der Waals surface area contributed by atoms with Gasteiger partial charge in [-0.1, -0.05) is 90.1 Å². The lowest BCUT2D eigenvalue weighted by Gasteiger charge is -2.47. The number of rotatable bonds is 2. The fourth-order valence-corrected chi connectivity index (χ4v) is 6.76. The fourth-order valence-electron chi connectivity index (χ4n) is 6.76. The molecular formula is C32H33N2O4-. The van der Waals surface area contributed by atoms with Gasteiger partial charge in [-0.3, -0.25) is 14.8 Å². The second-order valence-corrected chi connectivity index (χ2v) is 13.0. The van der Waals surface area contributed by atoms with Gasteiger partial charge in [0.2, 0.25) is 11.8 Å². The van der Waals surface area contributed by atoms with Crippen LogP contribution in [-0.4, -0.2) is 17.0 Å². The molecule has 1 N–H and O–H groups in total. The highest BCUT2D eigenvalue weighted by molar-refractivity contribution is 6.24. The van der Waals surface area contributed by atoms with Crippen LogP contribution in [0.15, 0.2) is 60.7 Å². The number of carbonyl (C=O) groups is 2. The lowest BCUT2D eigenvalue weighted by atomic mass is 9.54. The summed E-state index contributed by atoms with van der Waals surface area (Å²) >= 11 is 0. The summed E-state index contributed by atoms with van der Waals surface area (Å²) < 4.78 is 0. The second kappa shape index (κ2) is 8.01. The van der Waals surface area contributed by atoms with Crippen molar-refractivity contribution in [3.05, 3.63) is 99.3 Å². The minimum atomic E-state index is -0.574. The van der Waals surface area contributed by atoms with Crippen molar-refractivity contribution in [2.24, 2.45) is 11.8 Å². The van der Waals surface area contributed by atoms with E-state index in [1.165, 1.54) is 17.2 Å². The van der Waals surface area contributed by atoms with E-state index >= 15 is 0 Å². The monoisotopic (exact) mass is 509 g/mol. The first-order valence-electron chi connectivity index (χ1n) is 13.2. The van der Waals surface area contributed by atoms with E-state index in [1.54, 1.807) is 18.2 Å². The molecule has 0 radical (unpaired) electrons. The SMILES string of the molecule is CC(C)(C)c1ccc2c(c1)C1c3ccc(C(C)(C)C)cc3C2C2C(=O)N(c3ccccc3N([O-])O)C(=O)C12. The molecule has 6 nitrogen and oxygen atoms in total. The van der Waals surface area contributed by atoms with E-state index in [-0.39, 0.29) is 51.1 Å². The van der Waals surface area contributed by atoms with Gasteiger partial charge < -0.3 is 10.4 Å². The Hall–Kier alpha value is -3.48. The van der Waals surface area contributed by atoms with Crippen molar-refractivity contribution in [3.63, 3.8) is 0 Å². The summed E-state index contributed by atoms with van der Waals surface area (Å²) in [6.07, 6.45) is 0. The predicted octanol–water partition coefficient (Wildman–Crippen LogP) is 6.37. The average Bonchev–Trinajstić information content (AvgIpc) is 3.12. The molecular weight excluding hydrogens is 476 g/mol. The quantitative estimate of drug-likeness (QED) is 0.320. The van der Waals surface area contributed by atoms with Gasteiger partial charge in [-0.2, -0.15) is 0 Å². The molecule has 2 bridgehead atoms. The van der Waals surface area contributed by atoms with E-state index in [2.05, 4.69) is 77.9 Å². The summed E-state index contributed by atoms with van der Waals surface area (Å²) in [6.45, 7) is 13.1. The lowest BCUT2D eigenvalue weighted by molar-refractivity contribution is -0.122. The zero-order chi connectivity index (χ0) is 27.3. The Balaban J connectivity index is 1.58. The molecule has 196 valence electrons. The second-order valence-electron chi connectivity index (χ2n) is 13.0. The molecule has 38 heavy (non-hydrogen) atoms. The molecule has 4 unspecified atom stereocenters. The summed E-state index contributed by atoms with van der Waals surface area (Å²) in [7, 11) is 0. The molecule has 0 aromatic heterocycles. The highest BCUT2D eigenvalue weighted by Gasteiger charge is 2.62. The van der Waals surface area contributed by atoms with Crippen molar-refractivity contribution < 1.29 is 14.8 Å². The van der Waals surface area contributed by atoms with Crippen LogP contribution in [0.5, 0.6) is 0 Å². The Morgan fingerprint density at radius 1 is 0.711 bits per heavy atom. The summed E-state index contributed by atoms with van der Waals surface area (Å²) in [4.78, 5) is 29.4. The van der Waals surface area contributed by atoms with Gasteiger partial charge in [-0.15, -0.1) is 0 Å². The minimum Gasteiger partial charge on any atom is -0.733 e. The molecule has 7 rings (SSSR count). The van der Waals surface area contributed by atoms with Crippen LogP contribution in [0.1, 0.15) is 86.8 Å². The number of carbonyl (C=O) groups excluding carboxylic acids is 2. The fraction of sp³-hybridized carbons (Fsp3) is 0.375. The Kier molecular flexibility index (Phi) is 5.24. The lowest BCUT2D eigenvalue weighted by Crippen LogP contribution is -2.42. The van der Waals surface area contributed by atoms with Crippen molar-refractivity contribution >= 4 is 23.2 Å². The number of para-hydroxylation sites is 2. The number of nitrogens with zero attached hydrogens (tertiary/aromatic N) is 2. The summed E-state index contributed by atoms with van der Waals surface area (Å²) in [5.74, 6) is -2.32. The average molecular weight is 510 g/mol. The smallest absolute Gasteiger partial charge is 0.238 e. The van der Waals surface area contributed by atoms with E-state index in [4.69, 9.17) is 0 Å². The van der Waals surface area contributed by atoms with Gasteiger partial charge >= 0.3 is 0 Å². The summed E-state index contributed by atoms with van der Waals surface area (Å²) in [5.41, 5.74) is 6.68. The van der Waals surface area contributed by atoms with Crippen LogP contribution in [0.25, 0.3) is 0 Å². The molecule has 2 amide bonds. The molecule has 0 saturated carbocycles. The summed E-state index contributed by atoms with van der Waals surface area (Å²) in [6, 6.07) is 19.3. The molecule has 1 aliphatic heterocycles. The van der Waals surface area contributed by atoms with E-state index < -0.39 is 11.8 Å². The molecule has 1 saturated heterocycles.